The van der Waals surface area contributed by atoms with E-state index in [0.29, 0.717) is 28.9 Å². The number of hydrogen-bond acceptors (Lipinski definition) is 3. The maximum Gasteiger partial charge on any atom is 0.251 e. The molecule has 0 spiro atoms. The minimum Gasteiger partial charge on any atom is -0.352 e. The van der Waals surface area contributed by atoms with Crippen LogP contribution in [0.3, 0.4) is 0 Å². The number of rotatable bonds is 6. The summed E-state index contributed by atoms with van der Waals surface area (Å²) in [6, 6.07) is 13.4. The number of amides is 1. The maximum absolute atomic E-state index is 14.0. The first kappa shape index (κ1) is 20.1. The molecule has 2 aromatic heterocycles. The topological polar surface area (TPSA) is 64.7 Å². The summed E-state index contributed by atoms with van der Waals surface area (Å²) >= 11 is 0. The van der Waals surface area contributed by atoms with Crippen LogP contribution in [0, 0.1) is 17.7 Å². The van der Waals surface area contributed by atoms with Gasteiger partial charge in [-0.25, -0.2) is 14.1 Å². The van der Waals surface area contributed by atoms with E-state index in [1.807, 2.05) is 10.8 Å². The lowest BCUT2D eigenvalue weighted by Crippen LogP contribution is -2.25. The van der Waals surface area contributed by atoms with Crippen molar-refractivity contribution in [3.63, 3.8) is 0 Å². The number of aryl methyl sites for hydroxylation is 1. The molecule has 0 aliphatic rings. The van der Waals surface area contributed by atoms with E-state index in [0.717, 1.165) is 13.0 Å². The molecule has 0 radical (unpaired) electrons. The van der Waals surface area contributed by atoms with E-state index in [2.05, 4.69) is 27.2 Å². The van der Waals surface area contributed by atoms with Gasteiger partial charge in [-0.1, -0.05) is 24.0 Å². The third-order valence-electron chi connectivity index (χ3n) is 4.65. The molecule has 4 aromatic rings. The van der Waals surface area contributed by atoms with Crippen molar-refractivity contribution in [1.29, 1.82) is 0 Å². The van der Waals surface area contributed by atoms with Crippen molar-refractivity contribution in [3.8, 4) is 17.5 Å². The van der Waals surface area contributed by atoms with Crippen molar-refractivity contribution in [2.75, 3.05) is 6.54 Å². The summed E-state index contributed by atoms with van der Waals surface area (Å²) in [4.78, 5) is 16.6. The van der Waals surface area contributed by atoms with E-state index in [1.165, 1.54) is 6.07 Å². The van der Waals surface area contributed by atoms with Gasteiger partial charge >= 0.3 is 0 Å². The minimum absolute atomic E-state index is 0.188. The van der Waals surface area contributed by atoms with Crippen LogP contribution in [0.1, 0.15) is 27.9 Å². The van der Waals surface area contributed by atoms with Gasteiger partial charge in [0.25, 0.3) is 5.91 Å². The lowest BCUT2D eigenvalue weighted by atomic mass is 10.1. The van der Waals surface area contributed by atoms with Crippen molar-refractivity contribution < 1.29 is 9.18 Å². The molecule has 0 saturated heterocycles. The summed E-state index contributed by atoms with van der Waals surface area (Å²) in [6.45, 7) is 1.31. The fourth-order valence-corrected chi connectivity index (χ4v) is 3.07. The molecule has 31 heavy (non-hydrogen) atoms. The Morgan fingerprint density at radius 2 is 1.90 bits per heavy atom. The molecule has 0 fully saturated rings. The van der Waals surface area contributed by atoms with Gasteiger partial charge in [0.15, 0.2) is 0 Å². The Morgan fingerprint density at radius 3 is 2.68 bits per heavy atom. The fourth-order valence-electron chi connectivity index (χ4n) is 3.07. The Labute approximate surface area is 179 Å². The van der Waals surface area contributed by atoms with E-state index in [-0.39, 0.29) is 11.7 Å². The zero-order valence-electron chi connectivity index (χ0n) is 16.7. The molecule has 1 N–H and O–H groups in total. The van der Waals surface area contributed by atoms with Crippen molar-refractivity contribution in [3.05, 3.63) is 102 Å². The number of nitrogens with zero attached hydrogens (tertiary/aromatic N) is 4. The van der Waals surface area contributed by atoms with E-state index in [4.69, 9.17) is 0 Å². The first-order valence-electron chi connectivity index (χ1n) is 9.85. The smallest absolute Gasteiger partial charge is 0.251 e. The number of imidazole rings is 1. The first-order chi connectivity index (χ1) is 15.2. The van der Waals surface area contributed by atoms with Gasteiger partial charge in [-0.3, -0.25) is 4.79 Å². The molecule has 2 heterocycles. The average molecular weight is 413 g/mol. The van der Waals surface area contributed by atoms with Crippen LogP contribution in [0.25, 0.3) is 5.69 Å². The molecule has 0 aliphatic heterocycles. The lowest BCUT2D eigenvalue weighted by molar-refractivity contribution is 0.0952. The Hall–Kier alpha value is -4.18. The number of nitrogens with one attached hydrogen (secondary N) is 1. The highest BCUT2D eigenvalue weighted by molar-refractivity contribution is 5.95. The summed E-state index contributed by atoms with van der Waals surface area (Å²) in [5, 5.41) is 7.17. The largest absolute Gasteiger partial charge is 0.352 e. The molecule has 0 bridgehead atoms. The third-order valence-corrected chi connectivity index (χ3v) is 4.65. The molecular weight excluding hydrogens is 393 g/mol. The monoisotopic (exact) mass is 413 g/mol. The Bertz CT molecular complexity index is 1220. The maximum atomic E-state index is 14.0. The van der Waals surface area contributed by atoms with Crippen LogP contribution in [0.5, 0.6) is 0 Å². The minimum atomic E-state index is -0.387. The molecule has 2 aromatic carbocycles. The van der Waals surface area contributed by atoms with Crippen LogP contribution in [0.2, 0.25) is 0 Å². The van der Waals surface area contributed by atoms with Crippen molar-refractivity contribution in [1.82, 2.24) is 24.6 Å². The molecule has 0 aliphatic carbocycles. The molecule has 1 amide bonds. The SMILES string of the molecule is O=C(NCCCn1ccnc1)c1ccc(-n2cccn2)c(C#Cc2ccccc2F)c1. The number of halogens is 1. The van der Waals surface area contributed by atoms with Gasteiger partial charge in [0.2, 0.25) is 0 Å². The highest BCUT2D eigenvalue weighted by atomic mass is 19.1. The van der Waals surface area contributed by atoms with E-state index in [1.54, 1.807) is 72.1 Å². The predicted octanol–water partition coefficient (Wildman–Crippen LogP) is 3.43. The van der Waals surface area contributed by atoms with Gasteiger partial charge in [-0.2, -0.15) is 5.10 Å². The van der Waals surface area contributed by atoms with Gasteiger partial charge in [-0.15, -0.1) is 0 Å². The summed E-state index contributed by atoms with van der Waals surface area (Å²) in [5.74, 6) is 5.28. The van der Waals surface area contributed by atoms with Crippen LogP contribution in [0.15, 0.2) is 79.6 Å². The Morgan fingerprint density at radius 1 is 1.03 bits per heavy atom. The zero-order valence-corrected chi connectivity index (χ0v) is 16.7. The molecule has 154 valence electrons. The van der Waals surface area contributed by atoms with Gasteiger partial charge in [0.1, 0.15) is 5.82 Å². The number of carbonyl (C=O) groups excluding carboxylic acids is 1. The number of hydrogen-bond donors (Lipinski definition) is 1. The molecule has 4 rings (SSSR count). The summed E-state index contributed by atoms with van der Waals surface area (Å²) in [7, 11) is 0. The van der Waals surface area contributed by atoms with E-state index < -0.39 is 0 Å². The molecular formula is C24H20FN5O. The first-order valence-corrected chi connectivity index (χ1v) is 9.85. The zero-order chi connectivity index (χ0) is 21.5. The van der Waals surface area contributed by atoms with E-state index in [9.17, 15) is 9.18 Å². The second-order valence-electron chi connectivity index (χ2n) is 6.82. The Balaban J connectivity index is 1.53. The van der Waals surface area contributed by atoms with Crippen LogP contribution < -0.4 is 5.32 Å². The van der Waals surface area contributed by atoms with Gasteiger partial charge in [-0.05, 0) is 42.8 Å². The summed E-state index contributed by atoms with van der Waals surface area (Å²) in [6.07, 6.45) is 9.60. The van der Waals surface area contributed by atoms with Crippen molar-refractivity contribution in [2.45, 2.75) is 13.0 Å². The van der Waals surface area contributed by atoms with Gasteiger partial charge in [0.05, 0.1) is 23.1 Å². The highest BCUT2D eigenvalue weighted by Gasteiger charge is 2.10. The highest BCUT2D eigenvalue weighted by Crippen LogP contribution is 2.16. The van der Waals surface area contributed by atoms with Gasteiger partial charge < -0.3 is 9.88 Å². The summed E-state index contributed by atoms with van der Waals surface area (Å²) < 4.78 is 17.6. The Kier molecular flexibility index (Phi) is 6.19. The van der Waals surface area contributed by atoms with E-state index >= 15 is 0 Å². The second kappa shape index (κ2) is 9.55. The fraction of sp³-hybridized carbons (Fsp3) is 0.125. The molecule has 7 heteroatoms. The van der Waals surface area contributed by atoms with Gasteiger partial charge in [0, 0.05) is 43.4 Å². The third kappa shape index (κ3) is 5.06. The number of benzene rings is 2. The number of aromatic nitrogens is 4. The lowest BCUT2D eigenvalue weighted by Gasteiger charge is -2.09. The normalized spacial score (nSPS) is 10.4. The van der Waals surface area contributed by atoms with Crippen molar-refractivity contribution in [2.24, 2.45) is 0 Å². The molecule has 6 nitrogen and oxygen atoms in total. The molecule has 0 atom stereocenters. The quantitative estimate of drug-likeness (QED) is 0.389. The van der Waals surface area contributed by atoms with Crippen molar-refractivity contribution >= 4 is 5.91 Å². The molecule has 0 unspecified atom stereocenters. The summed E-state index contributed by atoms with van der Waals surface area (Å²) in [5.41, 5.74) is 2.07. The van der Waals surface area contributed by atoms with Crippen LogP contribution in [0.4, 0.5) is 4.39 Å². The van der Waals surface area contributed by atoms with Crippen LogP contribution in [-0.2, 0) is 6.54 Å². The second-order valence-corrected chi connectivity index (χ2v) is 6.82. The predicted molar refractivity (Wildman–Crippen MR) is 115 cm³/mol. The number of carbonyl (C=O) groups is 1. The molecule has 0 saturated carbocycles. The van der Waals surface area contributed by atoms with Crippen LogP contribution >= 0.6 is 0 Å². The van der Waals surface area contributed by atoms with Crippen LogP contribution in [-0.4, -0.2) is 31.8 Å². The average Bonchev–Trinajstić information content (AvgIpc) is 3.50. The standard InChI is InChI=1S/C24H20FN5O/c25-22-6-2-1-5-19(22)7-8-20-17-21(9-10-23(20)30-15-4-12-28-30)24(31)27-11-3-14-29-16-13-26-18-29/h1-2,4-6,9-10,12-13,15-18H,3,11,14H2,(H,27,31).